The predicted octanol–water partition coefficient (Wildman–Crippen LogP) is -1.14. The molecule has 2 aliphatic rings. The van der Waals surface area contributed by atoms with Gasteiger partial charge in [0.15, 0.2) is 6.10 Å². The van der Waals surface area contributed by atoms with Gasteiger partial charge in [0.2, 0.25) is 0 Å². The maximum atomic E-state index is 11.3. The molecular formula is C11H19NO5S2. The monoisotopic (exact) mass is 309 g/mol. The van der Waals surface area contributed by atoms with E-state index in [9.17, 15) is 9.32 Å². The highest BCUT2D eigenvalue weighted by Crippen LogP contribution is 2.24. The Morgan fingerprint density at radius 2 is 2.16 bits per heavy atom. The lowest BCUT2D eigenvalue weighted by molar-refractivity contribution is -0.0171. The third-order valence-electron chi connectivity index (χ3n) is 3.42. The van der Waals surface area contributed by atoms with Crippen LogP contribution in [0.3, 0.4) is 0 Å². The number of aliphatic hydroxyl groups excluding tert-OH is 2. The van der Waals surface area contributed by atoms with Crippen LogP contribution in [0.15, 0.2) is 0 Å². The maximum absolute atomic E-state index is 11.3. The summed E-state index contributed by atoms with van der Waals surface area (Å²) in [6.07, 6.45) is -2.42. The molecule has 2 rings (SSSR count). The van der Waals surface area contributed by atoms with Gasteiger partial charge in [0.25, 0.3) is 5.17 Å². The van der Waals surface area contributed by atoms with Gasteiger partial charge in [-0.25, -0.2) is 0 Å². The Morgan fingerprint density at radius 1 is 1.53 bits per heavy atom. The molecule has 2 aliphatic heterocycles. The topological polar surface area (TPSA) is 79.2 Å². The molecule has 0 saturated carbocycles. The average Bonchev–Trinajstić information content (AvgIpc) is 2.67. The number of aliphatic hydroxyl groups is 2. The van der Waals surface area contributed by atoms with Crippen LogP contribution < -0.4 is 0 Å². The van der Waals surface area contributed by atoms with Gasteiger partial charge in [-0.05, 0) is 19.1 Å². The van der Waals surface area contributed by atoms with Crippen molar-refractivity contribution in [3.05, 3.63) is 0 Å². The van der Waals surface area contributed by atoms with Crippen molar-refractivity contribution in [1.82, 2.24) is 4.90 Å². The highest BCUT2D eigenvalue weighted by atomic mass is 32.2. The summed E-state index contributed by atoms with van der Waals surface area (Å²) in [5.41, 5.74) is 0. The zero-order chi connectivity index (χ0) is 14.0. The molecule has 19 heavy (non-hydrogen) atoms. The zero-order valence-corrected chi connectivity index (χ0v) is 12.4. The second kappa shape index (κ2) is 6.45. The van der Waals surface area contributed by atoms with E-state index in [1.54, 1.807) is 6.92 Å². The lowest BCUT2D eigenvalue weighted by Gasteiger charge is -2.30. The quantitative estimate of drug-likeness (QED) is 0.624. The van der Waals surface area contributed by atoms with Gasteiger partial charge in [-0.1, -0.05) is 0 Å². The Morgan fingerprint density at radius 3 is 2.68 bits per heavy atom. The molecule has 0 aromatic rings. The molecule has 0 aliphatic carbocycles. The van der Waals surface area contributed by atoms with E-state index in [4.69, 9.17) is 26.8 Å². The minimum atomic E-state index is -0.892. The first kappa shape index (κ1) is 15.1. The number of hydrogen-bond donors (Lipinski definition) is 2. The second-order valence-electron chi connectivity index (χ2n) is 4.74. The van der Waals surface area contributed by atoms with E-state index in [1.165, 1.54) is 0 Å². The van der Waals surface area contributed by atoms with Crippen LogP contribution >= 0.6 is 12.2 Å². The Balaban J connectivity index is 1.90. The normalized spacial score (nSPS) is 36.5. The molecular weight excluding hydrogens is 290 g/mol. The van der Waals surface area contributed by atoms with Gasteiger partial charge in [0.1, 0.15) is 12.2 Å². The Kier molecular flexibility index (Phi) is 5.13. The van der Waals surface area contributed by atoms with Gasteiger partial charge in [-0.3, -0.25) is 4.21 Å². The Bertz CT molecular complexity index is 357. The summed E-state index contributed by atoms with van der Waals surface area (Å²) in [4.78, 5) is 1.85. The van der Waals surface area contributed by atoms with Crippen LogP contribution in [0.25, 0.3) is 0 Å². The molecule has 2 fully saturated rings. The van der Waals surface area contributed by atoms with Crippen molar-refractivity contribution in [3.63, 3.8) is 0 Å². The first-order valence-corrected chi connectivity index (χ1v) is 8.17. The van der Waals surface area contributed by atoms with Gasteiger partial charge in [-0.15, -0.1) is 0 Å². The van der Waals surface area contributed by atoms with Gasteiger partial charge in [0, 0.05) is 35.4 Å². The summed E-state index contributed by atoms with van der Waals surface area (Å²) in [5, 5.41) is 19.3. The molecule has 0 bridgehead atoms. The summed E-state index contributed by atoms with van der Waals surface area (Å²) in [5.74, 6) is 1.17. The van der Waals surface area contributed by atoms with Crippen LogP contribution in [0.5, 0.6) is 0 Å². The smallest absolute Gasteiger partial charge is 0.259 e. The van der Waals surface area contributed by atoms with Gasteiger partial charge in [0.05, 0.1) is 12.7 Å². The summed E-state index contributed by atoms with van der Waals surface area (Å²) in [6, 6.07) is 0. The Labute approximate surface area is 120 Å². The fraction of sp³-hybridized carbons (Fsp3) is 0.909. The standard InChI is InChI=1S/C11H19NO5S2/c1-7-10(9(14)8(6-13)16-7)17-11(18)12-2-4-19(15)5-3-12/h7-10,13-14H,2-6H2,1H3/t7-,8+,9?,10+/m0/s1. The number of ether oxygens (including phenoxy) is 2. The lowest BCUT2D eigenvalue weighted by Crippen LogP contribution is -2.46. The first-order valence-electron chi connectivity index (χ1n) is 6.28. The molecule has 0 amide bonds. The molecule has 6 nitrogen and oxygen atoms in total. The minimum Gasteiger partial charge on any atom is -0.462 e. The summed E-state index contributed by atoms with van der Waals surface area (Å²) in [7, 11) is -0.766. The second-order valence-corrected chi connectivity index (χ2v) is 6.78. The number of thiocarbonyl (C=S) groups is 1. The SMILES string of the molecule is C[C@@H]1O[C@H](CO)C(O)[C@@H]1OC(=S)N1CCS(=O)CC1. The molecule has 0 aromatic heterocycles. The molecule has 0 spiro atoms. The molecule has 0 aromatic carbocycles. The van der Waals surface area contributed by atoms with Crippen LogP contribution in [0.4, 0.5) is 0 Å². The molecule has 0 radical (unpaired) electrons. The summed E-state index contributed by atoms with van der Waals surface area (Å²) in [6.45, 7) is 2.73. The van der Waals surface area contributed by atoms with Crippen molar-refractivity contribution in [2.24, 2.45) is 0 Å². The predicted molar refractivity (Wildman–Crippen MR) is 74.3 cm³/mol. The van der Waals surface area contributed by atoms with E-state index in [-0.39, 0.29) is 12.7 Å². The number of nitrogens with zero attached hydrogens (tertiary/aromatic N) is 1. The first-order chi connectivity index (χ1) is 9.02. The Hall–Kier alpha value is -0.280. The zero-order valence-electron chi connectivity index (χ0n) is 10.7. The van der Waals surface area contributed by atoms with Crippen LogP contribution in [0.1, 0.15) is 6.92 Å². The van der Waals surface area contributed by atoms with E-state index < -0.39 is 29.1 Å². The fourth-order valence-electron chi connectivity index (χ4n) is 2.25. The molecule has 1 unspecified atom stereocenters. The fourth-order valence-corrected chi connectivity index (χ4v) is 3.60. The van der Waals surface area contributed by atoms with Crippen LogP contribution in [-0.2, 0) is 20.3 Å². The highest BCUT2D eigenvalue weighted by molar-refractivity contribution is 7.85. The van der Waals surface area contributed by atoms with Crippen LogP contribution in [-0.4, -0.2) is 80.1 Å². The van der Waals surface area contributed by atoms with Crippen molar-refractivity contribution in [3.8, 4) is 0 Å². The number of rotatable bonds is 2. The van der Waals surface area contributed by atoms with Gasteiger partial charge >= 0.3 is 0 Å². The molecule has 8 heteroatoms. The molecule has 2 heterocycles. The molecule has 4 atom stereocenters. The lowest BCUT2D eigenvalue weighted by atomic mass is 10.1. The van der Waals surface area contributed by atoms with Gasteiger partial charge < -0.3 is 24.6 Å². The highest BCUT2D eigenvalue weighted by Gasteiger charge is 2.43. The third-order valence-corrected chi connectivity index (χ3v) is 5.05. The van der Waals surface area contributed by atoms with E-state index in [0.717, 1.165) is 0 Å². The van der Waals surface area contributed by atoms with Crippen LogP contribution in [0, 0.1) is 0 Å². The maximum Gasteiger partial charge on any atom is 0.259 e. The average molecular weight is 309 g/mol. The molecule has 110 valence electrons. The van der Waals surface area contributed by atoms with E-state index >= 15 is 0 Å². The largest absolute Gasteiger partial charge is 0.462 e. The van der Waals surface area contributed by atoms with Crippen molar-refractivity contribution in [2.45, 2.75) is 31.3 Å². The van der Waals surface area contributed by atoms with E-state index in [1.807, 2.05) is 4.90 Å². The van der Waals surface area contributed by atoms with Crippen molar-refractivity contribution in [1.29, 1.82) is 0 Å². The minimum absolute atomic E-state index is 0.249. The summed E-state index contributed by atoms with van der Waals surface area (Å²) >= 11 is 5.21. The van der Waals surface area contributed by atoms with E-state index in [2.05, 4.69) is 0 Å². The third kappa shape index (κ3) is 3.43. The van der Waals surface area contributed by atoms with E-state index in [0.29, 0.717) is 29.8 Å². The van der Waals surface area contributed by atoms with Crippen LogP contribution in [0.2, 0.25) is 0 Å². The molecule has 2 N–H and O–H groups in total. The van der Waals surface area contributed by atoms with Gasteiger partial charge in [-0.2, -0.15) is 0 Å². The van der Waals surface area contributed by atoms with Crippen molar-refractivity contribution >= 4 is 28.2 Å². The van der Waals surface area contributed by atoms with Crippen molar-refractivity contribution in [2.75, 3.05) is 31.2 Å². The molecule has 2 saturated heterocycles. The number of hydrogen-bond acceptors (Lipinski definition) is 6. The summed E-state index contributed by atoms with van der Waals surface area (Å²) < 4.78 is 22.3. The van der Waals surface area contributed by atoms with Crippen molar-refractivity contribution < 1.29 is 23.9 Å².